The average molecular weight is 242 g/mol. The van der Waals surface area contributed by atoms with E-state index in [0.29, 0.717) is 12.0 Å². The van der Waals surface area contributed by atoms with E-state index in [4.69, 9.17) is 5.11 Å². The molecule has 0 saturated carbocycles. The summed E-state index contributed by atoms with van der Waals surface area (Å²) in [6, 6.07) is 13.1. The van der Waals surface area contributed by atoms with Gasteiger partial charge in [-0.1, -0.05) is 36.4 Å². The molecule has 0 spiro atoms. The van der Waals surface area contributed by atoms with Crippen LogP contribution in [0.25, 0.3) is 0 Å². The molecule has 0 saturated heterocycles. The summed E-state index contributed by atoms with van der Waals surface area (Å²) in [6.07, 6.45) is 0.681. The van der Waals surface area contributed by atoms with E-state index < -0.39 is 5.97 Å². The number of hydrogen-bond acceptors (Lipinski definition) is 2. The zero-order valence-electron chi connectivity index (χ0n) is 10.1. The van der Waals surface area contributed by atoms with Crippen LogP contribution in [0.1, 0.15) is 27.0 Å². The van der Waals surface area contributed by atoms with Crippen LogP contribution in [0.15, 0.2) is 42.5 Å². The second-order valence-electron chi connectivity index (χ2n) is 4.21. The number of carbonyl (C=O) groups is 1. The van der Waals surface area contributed by atoms with Gasteiger partial charge >= 0.3 is 5.97 Å². The van der Waals surface area contributed by atoms with Gasteiger partial charge in [0.15, 0.2) is 0 Å². The summed E-state index contributed by atoms with van der Waals surface area (Å²) < 4.78 is 0. The van der Waals surface area contributed by atoms with E-state index in [1.165, 1.54) is 6.07 Å². The molecule has 0 unspecified atom stereocenters. The predicted molar refractivity (Wildman–Crippen MR) is 69.1 cm³/mol. The SMILES string of the molecule is Cc1c(Cc2ccccc2)ccc(C(=O)O)c1O. The van der Waals surface area contributed by atoms with Gasteiger partial charge in [0.1, 0.15) is 11.3 Å². The van der Waals surface area contributed by atoms with Crippen molar-refractivity contribution in [2.75, 3.05) is 0 Å². The van der Waals surface area contributed by atoms with Crippen LogP contribution in [0.5, 0.6) is 5.75 Å². The van der Waals surface area contributed by atoms with Crippen molar-refractivity contribution in [2.45, 2.75) is 13.3 Å². The van der Waals surface area contributed by atoms with Crippen LogP contribution in [-0.4, -0.2) is 16.2 Å². The first-order valence-electron chi connectivity index (χ1n) is 5.68. The first kappa shape index (κ1) is 12.2. The zero-order chi connectivity index (χ0) is 13.1. The Hall–Kier alpha value is -2.29. The van der Waals surface area contributed by atoms with Crippen molar-refractivity contribution in [2.24, 2.45) is 0 Å². The fraction of sp³-hybridized carbons (Fsp3) is 0.133. The molecule has 0 aromatic heterocycles. The molecule has 2 rings (SSSR count). The summed E-state index contributed by atoms with van der Waals surface area (Å²) in [5, 5.41) is 18.8. The second-order valence-corrected chi connectivity index (χ2v) is 4.21. The Morgan fingerprint density at radius 1 is 1.11 bits per heavy atom. The lowest BCUT2D eigenvalue weighted by Crippen LogP contribution is -2.00. The van der Waals surface area contributed by atoms with Crippen LogP contribution in [0.4, 0.5) is 0 Å². The Labute approximate surface area is 105 Å². The van der Waals surface area contributed by atoms with Gasteiger partial charge in [-0.3, -0.25) is 0 Å². The summed E-state index contributed by atoms with van der Waals surface area (Å²) in [5.74, 6) is -1.25. The summed E-state index contributed by atoms with van der Waals surface area (Å²) >= 11 is 0. The molecule has 0 heterocycles. The third-order valence-electron chi connectivity index (χ3n) is 3.01. The Kier molecular flexibility index (Phi) is 3.33. The van der Waals surface area contributed by atoms with E-state index in [2.05, 4.69) is 0 Å². The van der Waals surface area contributed by atoms with Crippen molar-refractivity contribution in [1.82, 2.24) is 0 Å². The van der Waals surface area contributed by atoms with Crippen LogP contribution in [0.2, 0.25) is 0 Å². The molecule has 3 heteroatoms. The lowest BCUT2D eigenvalue weighted by Gasteiger charge is -2.10. The van der Waals surface area contributed by atoms with Gasteiger partial charge in [-0.25, -0.2) is 4.79 Å². The zero-order valence-corrected chi connectivity index (χ0v) is 10.1. The van der Waals surface area contributed by atoms with Crippen molar-refractivity contribution in [3.05, 3.63) is 64.7 Å². The molecule has 0 amide bonds. The second kappa shape index (κ2) is 4.92. The summed E-state index contributed by atoms with van der Waals surface area (Å²) in [4.78, 5) is 10.9. The van der Waals surface area contributed by atoms with E-state index in [0.717, 1.165) is 11.1 Å². The first-order valence-corrected chi connectivity index (χ1v) is 5.68. The molecular formula is C15H14O3. The fourth-order valence-electron chi connectivity index (χ4n) is 1.92. The number of carboxylic acids is 1. The highest BCUT2D eigenvalue weighted by atomic mass is 16.4. The molecule has 2 aromatic carbocycles. The molecule has 2 N–H and O–H groups in total. The third kappa shape index (κ3) is 2.35. The minimum atomic E-state index is -1.11. The largest absolute Gasteiger partial charge is 0.507 e. The number of phenols is 1. The molecule has 2 aromatic rings. The molecule has 0 aliphatic carbocycles. The monoisotopic (exact) mass is 242 g/mol. The maximum atomic E-state index is 10.9. The summed E-state index contributed by atoms with van der Waals surface area (Å²) in [7, 11) is 0. The van der Waals surface area contributed by atoms with Crippen LogP contribution in [0.3, 0.4) is 0 Å². The molecule has 0 aliphatic heterocycles. The van der Waals surface area contributed by atoms with Crippen molar-refractivity contribution >= 4 is 5.97 Å². The minimum Gasteiger partial charge on any atom is -0.507 e. The van der Waals surface area contributed by atoms with E-state index in [9.17, 15) is 9.90 Å². The highest BCUT2D eigenvalue weighted by Gasteiger charge is 2.14. The number of hydrogen-bond donors (Lipinski definition) is 2. The molecule has 3 nitrogen and oxygen atoms in total. The van der Waals surface area contributed by atoms with E-state index >= 15 is 0 Å². The standard InChI is InChI=1S/C15H14O3/c1-10-12(9-11-5-3-2-4-6-11)7-8-13(14(10)16)15(17)18/h2-8,16H,9H2,1H3,(H,17,18). The number of rotatable bonds is 3. The Morgan fingerprint density at radius 3 is 2.39 bits per heavy atom. The first-order chi connectivity index (χ1) is 8.59. The molecule has 0 fully saturated rings. The molecule has 0 atom stereocenters. The molecule has 18 heavy (non-hydrogen) atoms. The third-order valence-corrected chi connectivity index (χ3v) is 3.01. The van der Waals surface area contributed by atoms with Gasteiger partial charge in [-0.2, -0.15) is 0 Å². The van der Waals surface area contributed by atoms with Gasteiger partial charge in [-0.15, -0.1) is 0 Å². The van der Waals surface area contributed by atoms with Gasteiger partial charge in [0.05, 0.1) is 0 Å². The number of benzene rings is 2. The van der Waals surface area contributed by atoms with E-state index in [1.807, 2.05) is 30.3 Å². The maximum absolute atomic E-state index is 10.9. The van der Waals surface area contributed by atoms with Crippen LogP contribution in [-0.2, 0) is 6.42 Å². The Bertz CT molecular complexity index is 574. The number of carboxylic acid groups (broad SMARTS) is 1. The van der Waals surface area contributed by atoms with Crippen LogP contribution in [0, 0.1) is 6.92 Å². The van der Waals surface area contributed by atoms with Crippen molar-refractivity contribution < 1.29 is 15.0 Å². The Balaban J connectivity index is 2.36. The van der Waals surface area contributed by atoms with Crippen molar-refractivity contribution in [3.63, 3.8) is 0 Å². The number of aromatic carboxylic acids is 1. The van der Waals surface area contributed by atoms with Crippen LogP contribution < -0.4 is 0 Å². The minimum absolute atomic E-state index is 0.0516. The number of aromatic hydroxyl groups is 1. The summed E-state index contributed by atoms with van der Waals surface area (Å²) in [6.45, 7) is 1.74. The highest BCUT2D eigenvalue weighted by Crippen LogP contribution is 2.26. The van der Waals surface area contributed by atoms with Crippen molar-refractivity contribution in [1.29, 1.82) is 0 Å². The van der Waals surface area contributed by atoms with Gasteiger partial charge in [0.25, 0.3) is 0 Å². The summed E-state index contributed by atoms with van der Waals surface area (Å²) in [5.41, 5.74) is 2.63. The van der Waals surface area contributed by atoms with Crippen molar-refractivity contribution in [3.8, 4) is 5.75 Å². The average Bonchev–Trinajstić information content (AvgIpc) is 2.36. The van der Waals surface area contributed by atoms with Gasteiger partial charge in [0.2, 0.25) is 0 Å². The van der Waals surface area contributed by atoms with E-state index in [-0.39, 0.29) is 11.3 Å². The molecule has 0 aliphatic rings. The predicted octanol–water partition coefficient (Wildman–Crippen LogP) is 2.99. The van der Waals surface area contributed by atoms with E-state index in [1.54, 1.807) is 13.0 Å². The van der Waals surface area contributed by atoms with Gasteiger partial charge in [-0.05, 0) is 36.1 Å². The lowest BCUT2D eigenvalue weighted by molar-refractivity contribution is 0.0693. The lowest BCUT2D eigenvalue weighted by atomic mass is 9.97. The fourth-order valence-corrected chi connectivity index (χ4v) is 1.92. The smallest absolute Gasteiger partial charge is 0.339 e. The quantitative estimate of drug-likeness (QED) is 0.869. The molecule has 0 radical (unpaired) electrons. The topological polar surface area (TPSA) is 57.5 Å². The molecular weight excluding hydrogens is 228 g/mol. The Morgan fingerprint density at radius 2 is 1.78 bits per heavy atom. The highest BCUT2D eigenvalue weighted by molar-refractivity contribution is 5.91. The maximum Gasteiger partial charge on any atom is 0.339 e. The van der Waals surface area contributed by atoms with Crippen LogP contribution >= 0.6 is 0 Å². The van der Waals surface area contributed by atoms with Gasteiger partial charge in [0, 0.05) is 0 Å². The normalized spacial score (nSPS) is 10.3. The molecule has 0 bridgehead atoms. The molecule has 92 valence electrons. The van der Waals surface area contributed by atoms with Gasteiger partial charge < -0.3 is 10.2 Å².